The number of hydrogen-bond donors (Lipinski definition) is 0. The minimum atomic E-state index is -2.03. The Morgan fingerprint density at radius 3 is 1.53 bits per heavy atom. The van der Waals surface area contributed by atoms with E-state index < -0.39 is 8.07 Å². The van der Waals surface area contributed by atoms with Gasteiger partial charge in [-0.05, 0) is 92.3 Å². The van der Waals surface area contributed by atoms with Gasteiger partial charge in [-0.3, -0.25) is 0 Å². The molecule has 0 spiro atoms. The second-order valence-electron chi connectivity index (χ2n) is 15.0. The molecular formula is C50H36N2Si. The van der Waals surface area contributed by atoms with E-state index in [-0.39, 0.29) is 0 Å². The van der Waals surface area contributed by atoms with Gasteiger partial charge in [-0.2, -0.15) is 0 Å². The first-order valence-corrected chi connectivity index (χ1v) is 21.5. The molecule has 0 fully saturated rings. The molecule has 1 aliphatic rings. The number of fused-ring (bicyclic) bond motifs is 9. The van der Waals surface area contributed by atoms with E-state index in [1.165, 1.54) is 98.7 Å². The van der Waals surface area contributed by atoms with Crippen LogP contribution >= 0.6 is 0 Å². The van der Waals surface area contributed by atoms with Gasteiger partial charge in [0, 0.05) is 32.9 Å². The fourth-order valence-corrected chi connectivity index (χ4v) is 12.3. The van der Waals surface area contributed by atoms with Crippen molar-refractivity contribution < 1.29 is 0 Å². The quantitative estimate of drug-likeness (QED) is 0.163. The fraction of sp³-hybridized carbons (Fsp3) is 0.0400. The van der Waals surface area contributed by atoms with Crippen molar-refractivity contribution in [3.8, 4) is 44.8 Å². The van der Waals surface area contributed by atoms with E-state index in [9.17, 15) is 0 Å². The average Bonchev–Trinajstić information content (AvgIpc) is 3.81. The summed E-state index contributed by atoms with van der Waals surface area (Å²) in [4.78, 5) is 0. The SMILES string of the molecule is C[Si]1(C)c2cc(-c3ccc4c5ccccc5n(-c5ccccc5)c4c3)ccc2-c2ccc(-c3cccc4c3c3ccccc3n4-c3ccccc3)cc21. The Morgan fingerprint density at radius 1 is 0.340 bits per heavy atom. The van der Waals surface area contributed by atoms with Gasteiger partial charge in [0.15, 0.2) is 0 Å². The first-order chi connectivity index (χ1) is 26.1. The van der Waals surface area contributed by atoms with Crippen LogP contribution in [-0.4, -0.2) is 17.2 Å². The van der Waals surface area contributed by atoms with Crippen molar-refractivity contribution in [2.75, 3.05) is 0 Å². The highest BCUT2D eigenvalue weighted by molar-refractivity contribution is 7.03. The predicted molar refractivity (Wildman–Crippen MR) is 228 cm³/mol. The maximum absolute atomic E-state index is 2.53. The van der Waals surface area contributed by atoms with Crippen molar-refractivity contribution >= 4 is 62.1 Å². The van der Waals surface area contributed by atoms with Gasteiger partial charge < -0.3 is 9.13 Å². The molecule has 0 amide bonds. The van der Waals surface area contributed by atoms with Crippen LogP contribution in [-0.2, 0) is 0 Å². The lowest BCUT2D eigenvalue weighted by Crippen LogP contribution is -2.49. The third kappa shape index (κ3) is 4.38. The molecule has 250 valence electrons. The molecule has 0 saturated carbocycles. The van der Waals surface area contributed by atoms with Crippen LogP contribution in [0, 0.1) is 0 Å². The number of para-hydroxylation sites is 4. The van der Waals surface area contributed by atoms with Gasteiger partial charge in [-0.15, -0.1) is 0 Å². The Morgan fingerprint density at radius 2 is 0.830 bits per heavy atom. The molecule has 0 unspecified atom stereocenters. The summed E-state index contributed by atoms with van der Waals surface area (Å²) in [6, 6.07) is 67.4. The lowest BCUT2D eigenvalue weighted by Gasteiger charge is -2.20. The number of hydrogen-bond acceptors (Lipinski definition) is 0. The van der Waals surface area contributed by atoms with E-state index in [2.05, 4.69) is 204 Å². The summed E-state index contributed by atoms with van der Waals surface area (Å²) in [6.45, 7) is 5.06. The molecule has 3 heterocycles. The van der Waals surface area contributed by atoms with Gasteiger partial charge in [0.25, 0.3) is 0 Å². The van der Waals surface area contributed by atoms with Gasteiger partial charge in [0.1, 0.15) is 8.07 Å². The maximum Gasteiger partial charge on any atom is 0.113 e. The van der Waals surface area contributed by atoms with Gasteiger partial charge in [0.2, 0.25) is 0 Å². The van der Waals surface area contributed by atoms with E-state index in [0.29, 0.717) is 0 Å². The molecule has 53 heavy (non-hydrogen) atoms. The molecule has 0 bridgehead atoms. The summed E-state index contributed by atoms with van der Waals surface area (Å²) in [5.74, 6) is 0. The van der Waals surface area contributed by atoms with Crippen molar-refractivity contribution in [1.82, 2.24) is 9.13 Å². The summed E-state index contributed by atoms with van der Waals surface area (Å²) in [6.07, 6.45) is 0. The van der Waals surface area contributed by atoms with E-state index >= 15 is 0 Å². The molecule has 8 aromatic carbocycles. The summed E-state index contributed by atoms with van der Waals surface area (Å²) in [5.41, 5.74) is 15.2. The molecule has 2 aromatic heterocycles. The van der Waals surface area contributed by atoms with Crippen molar-refractivity contribution in [1.29, 1.82) is 0 Å². The lowest BCUT2D eigenvalue weighted by molar-refractivity contribution is 1.18. The molecule has 0 aliphatic carbocycles. The maximum atomic E-state index is 2.53. The smallest absolute Gasteiger partial charge is 0.113 e. The highest BCUT2D eigenvalue weighted by atomic mass is 28.3. The molecule has 10 aromatic rings. The van der Waals surface area contributed by atoms with Crippen molar-refractivity contribution in [3.63, 3.8) is 0 Å². The Balaban J connectivity index is 1.04. The number of aromatic nitrogens is 2. The van der Waals surface area contributed by atoms with E-state index in [1.807, 2.05) is 0 Å². The number of rotatable bonds is 4. The van der Waals surface area contributed by atoms with Crippen LogP contribution in [0.5, 0.6) is 0 Å². The van der Waals surface area contributed by atoms with Crippen LogP contribution in [0.1, 0.15) is 0 Å². The van der Waals surface area contributed by atoms with Crippen LogP contribution < -0.4 is 10.4 Å². The first kappa shape index (κ1) is 30.2. The topological polar surface area (TPSA) is 9.86 Å². The van der Waals surface area contributed by atoms with Crippen molar-refractivity contribution in [3.05, 3.63) is 182 Å². The van der Waals surface area contributed by atoms with Crippen LogP contribution in [0.4, 0.5) is 0 Å². The van der Waals surface area contributed by atoms with E-state index in [0.717, 1.165) is 0 Å². The van der Waals surface area contributed by atoms with Crippen molar-refractivity contribution in [2.45, 2.75) is 13.1 Å². The van der Waals surface area contributed by atoms with E-state index in [1.54, 1.807) is 0 Å². The van der Waals surface area contributed by atoms with Crippen molar-refractivity contribution in [2.24, 2.45) is 0 Å². The summed E-state index contributed by atoms with van der Waals surface area (Å²) < 4.78 is 4.82. The summed E-state index contributed by atoms with van der Waals surface area (Å²) >= 11 is 0. The number of benzene rings is 8. The van der Waals surface area contributed by atoms with Gasteiger partial charge in [0.05, 0.1) is 22.1 Å². The molecule has 2 nitrogen and oxygen atoms in total. The van der Waals surface area contributed by atoms with Gasteiger partial charge >= 0.3 is 0 Å². The zero-order chi connectivity index (χ0) is 35.3. The van der Waals surface area contributed by atoms with Crippen LogP contribution in [0.15, 0.2) is 182 Å². The van der Waals surface area contributed by atoms with Gasteiger partial charge in [-0.25, -0.2) is 0 Å². The van der Waals surface area contributed by atoms with Gasteiger partial charge in [-0.1, -0.05) is 147 Å². The molecule has 0 radical (unpaired) electrons. The highest BCUT2D eigenvalue weighted by Gasteiger charge is 2.38. The normalized spacial score (nSPS) is 13.2. The molecule has 0 N–H and O–H groups in total. The standard InChI is InChI=1S/C50H36N2Si/c1-53(2)48-31-34(33-24-27-40-39-18-9-11-21-44(39)52(47(40)30-33)37-16-7-4-8-17-37)25-28-41(48)42-29-26-35(32-49(42)53)38-20-13-23-46-50(38)43-19-10-12-22-45(43)51(46)36-14-5-3-6-15-36/h3-32H,1-2H3. The van der Waals surface area contributed by atoms with E-state index in [4.69, 9.17) is 0 Å². The molecular weight excluding hydrogens is 657 g/mol. The Labute approximate surface area is 309 Å². The zero-order valence-corrected chi connectivity index (χ0v) is 30.7. The molecule has 3 heteroatoms. The second-order valence-corrected chi connectivity index (χ2v) is 19.3. The van der Waals surface area contributed by atoms with Crippen LogP contribution in [0.2, 0.25) is 13.1 Å². The first-order valence-electron chi connectivity index (χ1n) is 18.5. The number of nitrogens with zero attached hydrogens (tertiary/aromatic N) is 2. The fourth-order valence-electron chi connectivity index (χ4n) is 9.21. The molecule has 0 saturated heterocycles. The zero-order valence-electron chi connectivity index (χ0n) is 29.7. The molecule has 0 atom stereocenters. The third-order valence-corrected chi connectivity index (χ3v) is 15.2. The largest absolute Gasteiger partial charge is 0.309 e. The molecule has 11 rings (SSSR count). The highest BCUT2D eigenvalue weighted by Crippen LogP contribution is 2.41. The molecule has 1 aliphatic heterocycles. The summed E-state index contributed by atoms with van der Waals surface area (Å²) in [7, 11) is -2.03. The second kappa shape index (κ2) is 11.3. The Bertz CT molecular complexity index is 3070. The Kier molecular flexibility index (Phi) is 6.44. The summed E-state index contributed by atoms with van der Waals surface area (Å²) in [5, 5.41) is 8.20. The van der Waals surface area contributed by atoms with Crippen LogP contribution in [0.3, 0.4) is 0 Å². The Hall–Kier alpha value is -6.42. The average molecular weight is 693 g/mol. The monoisotopic (exact) mass is 692 g/mol. The third-order valence-electron chi connectivity index (χ3n) is 11.7. The minimum Gasteiger partial charge on any atom is -0.309 e. The predicted octanol–water partition coefficient (Wildman–Crippen LogP) is 12.0. The van der Waals surface area contributed by atoms with Crippen LogP contribution in [0.25, 0.3) is 88.4 Å². The minimum absolute atomic E-state index is 1.19. The lowest BCUT2D eigenvalue weighted by atomic mass is 9.96.